The number of allylic oxidation sites excluding steroid dienone is 1. The molecule has 0 aliphatic heterocycles. The number of anilines is 1. The maximum Gasteiger partial charge on any atom is 0.193 e. The molecule has 0 fully saturated rings. The van der Waals surface area contributed by atoms with E-state index in [9.17, 15) is 0 Å². The number of aliphatic imine (C=N–C) groups is 1. The molecule has 3 N–H and O–H groups in total. The normalized spacial score (nSPS) is 10.6. The van der Waals surface area contributed by atoms with Gasteiger partial charge in [0.05, 0.1) is 13.2 Å². The number of guanidine groups is 1. The van der Waals surface area contributed by atoms with Crippen molar-refractivity contribution in [2.45, 2.75) is 20.5 Å². The summed E-state index contributed by atoms with van der Waals surface area (Å²) < 4.78 is 5.13. The van der Waals surface area contributed by atoms with Crippen molar-refractivity contribution in [3.05, 3.63) is 41.5 Å². The Balaban J connectivity index is 0.00000324. The molecule has 0 aliphatic rings. The number of halogens is 1. The second kappa shape index (κ2) is 9.80. The molecule has 106 valence electrons. The summed E-state index contributed by atoms with van der Waals surface area (Å²) in [7, 11) is 1.67. The predicted molar refractivity (Wildman–Crippen MR) is 92.1 cm³/mol. The molecule has 0 heterocycles. The van der Waals surface area contributed by atoms with E-state index < -0.39 is 0 Å². The van der Waals surface area contributed by atoms with Gasteiger partial charge in [0, 0.05) is 18.4 Å². The van der Waals surface area contributed by atoms with Gasteiger partial charge in [0.1, 0.15) is 0 Å². The first-order chi connectivity index (χ1) is 8.63. The van der Waals surface area contributed by atoms with Crippen molar-refractivity contribution in [1.82, 2.24) is 0 Å². The van der Waals surface area contributed by atoms with Crippen LogP contribution >= 0.6 is 24.0 Å². The zero-order chi connectivity index (χ0) is 13.4. The second-order valence-corrected chi connectivity index (χ2v) is 4.22. The van der Waals surface area contributed by atoms with Crippen LogP contribution in [0.1, 0.15) is 19.4 Å². The summed E-state index contributed by atoms with van der Waals surface area (Å²) in [5.41, 5.74) is 9.04. The van der Waals surface area contributed by atoms with Gasteiger partial charge in [-0.3, -0.25) is 0 Å². The summed E-state index contributed by atoms with van der Waals surface area (Å²) in [6.07, 6.45) is 2.02. The Morgan fingerprint density at radius 2 is 2.05 bits per heavy atom. The zero-order valence-corrected chi connectivity index (χ0v) is 14.0. The van der Waals surface area contributed by atoms with Gasteiger partial charge < -0.3 is 15.8 Å². The van der Waals surface area contributed by atoms with Crippen molar-refractivity contribution in [1.29, 1.82) is 0 Å². The average molecular weight is 375 g/mol. The molecule has 19 heavy (non-hydrogen) atoms. The van der Waals surface area contributed by atoms with Crippen molar-refractivity contribution in [2.24, 2.45) is 10.7 Å². The fraction of sp³-hybridized carbons (Fsp3) is 0.357. The van der Waals surface area contributed by atoms with Crippen LogP contribution in [0.3, 0.4) is 0 Å². The minimum Gasteiger partial charge on any atom is -0.380 e. The first-order valence-electron chi connectivity index (χ1n) is 5.90. The van der Waals surface area contributed by atoms with E-state index in [0.29, 0.717) is 19.1 Å². The molecule has 4 nitrogen and oxygen atoms in total. The van der Waals surface area contributed by atoms with Gasteiger partial charge in [0.15, 0.2) is 5.96 Å². The van der Waals surface area contributed by atoms with Crippen LogP contribution < -0.4 is 11.1 Å². The van der Waals surface area contributed by atoms with E-state index in [1.807, 2.05) is 44.2 Å². The van der Waals surface area contributed by atoms with Crippen molar-refractivity contribution in [2.75, 3.05) is 19.0 Å². The van der Waals surface area contributed by atoms with Crippen LogP contribution in [0, 0.1) is 0 Å². The number of nitrogens with two attached hydrogens (primary N) is 1. The summed E-state index contributed by atoms with van der Waals surface area (Å²) in [5.74, 6) is 0.413. The molecule has 1 aromatic carbocycles. The molecule has 0 unspecified atom stereocenters. The molecule has 0 spiro atoms. The minimum absolute atomic E-state index is 0. The fourth-order valence-corrected chi connectivity index (χ4v) is 1.43. The quantitative estimate of drug-likeness (QED) is 0.360. The lowest BCUT2D eigenvalue weighted by Gasteiger charge is -2.10. The van der Waals surface area contributed by atoms with E-state index in [2.05, 4.69) is 10.3 Å². The molecule has 1 aromatic rings. The first-order valence-corrected chi connectivity index (χ1v) is 5.90. The van der Waals surface area contributed by atoms with Crippen molar-refractivity contribution in [3.63, 3.8) is 0 Å². The van der Waals surface area contributed by atoms with Crippen LogP contribution in [0.15, 0.2) is 40.9 Å². The number of nitrogens with one attached hydrogen (secondary N) is 1. The number of rotatable bonds is 5. The first kappa shape index (κ1) is 17.9. The van der Waals surface area contributed by atoms with Crippen LogP contribution in [-0.2, 0) is 11.3 Å². The molecule has 0 bridgehead atoms. The lowest BCUT2D eigenvalue weighted by atomic mass is 10.2. The van der Waals surface area contributed by atoms with E-state index in [1.165, 1.54) is 5.57 Å². The Bertz CT molecular complexity index is 440. The highest BCUT2D eigenvalue weighted by atomic mass is 127. The van der Waals surface area contributed by atoms with Crippen LogP contribution in [-0.4, -0.2) is 19.6 Å². The molecule has 0 saturated carbocycles. The summed E-state index contributed by atoms with van der Waals surface area (Å²) in [5, 5.41) is 3.09. The van der Waals surface area contributed by atoms with Crippen LogP contribution in [0.5, 0.6) is 0 Å². The van der Waals surface area contributed by atoms with Crippen LogP contribution in [0.25, 0.3) is 0 Å². The number of hydrogen-bond acceptors (Lipinski definition) is 2. The van der Waals surface area contributed by atoms with Gasteiger partial charge in [-0.05, 0) is 19.9 Å². The van der Waals surface area contributed by atoms with Crippen molar-refractivity contribution >= 4 is 35.6 Å². The molecule has 5 heteroatoms. The summed E-state index contributed by atoms with van der Waals surface area (Å²) >= 11 is 0. The topological polar surface area (TPSA) is 59.6 Å². The monoisotopic (exact) mass is 375 g/mol. The van der Waals surface area contributed by atoms with Crippen molar-refractivity contribution < 1.29 is 4.74 Å². The van der Waals surface area contributed by atoms with Gasteiger partial charge in [-0.1, -0.05) is 29.8 Å². The lowest BCUT2D eigenvalue weighted by molar-refractivity contribution is 0.185. The van der Waals surface area contributed by atoms with Crippen LogP contribution in [0.4, 0.5) is 5.69 Å². The van der Waals surface area contributed by atoms with Gasteiger partial charge in [-0.2, -0.15) is 0 Å². The SMILES string of the molecule is COCc1ccccc1NC(N)=NCC=C(C)C.I. The molecular formula is C14H22IN3O. The Morgan fingerprint density at radius 3 is 2.68 bits per heavy atom. The molecule has 0 saturated heterocycles. The molecule has 1 rings (SSSR count). The number of nitrogens with zero attached hydrogens (tertiary/aromatic N) is 1. The smallest absolute Gasteiger partial charge is 0.193 e. The van der Waals surface area contributed by atoms with Gasteiger partial charge in [0.25, 0.3) is 0 Å². The van der Waals surface area contributed by atoms with Gasteiger partial charge in [-0.15, -0.1) is 24.0 Å². The number of benzene rings is 1. The van der Waals surface area contributed by atoms with Crippen LogP contribution in [0.2, 0.25) is 0 Å². The van der Waals surface area contributed by atoms with E-state index in [1.54, 1.807) is 7.11 Å². The molecule has 0 radical (unpaired) electrons. The van der Waals surface area contributed by atoms with Gasteiger partial charge >= 0.3 is 0 Å². The fourth-order valence-electron chi connectivity index (χ4n) is 1.43. The third kappa shape index (κ3) is 7.17. The number of ether oxygens (including phenoxy) is 1. The highest BCUT2D eigenvalue weighted by Gasteiger charge is 2.01. The molecule has 0 atom stereocenters. The standard InChI is InChI=1S/C14H21N3O.HI/c1-11(2)8-9-16-14(15)17-13-7-5-4-6-12(13)10-18-3;/h4-8H,9-10H2,1-3H3,(H3,15,16,17);1H. The zero-order valence-electron chi connectivity index (χ0n) is 11.6. The molecular weight excluding hydrogens is 353 g/mol. The average Bonchev–Trinajstić information content (AvgIpc) is 2.31. The summed E-state index contributed by atoms with van der Waals surface area (Å²) in [6.45, 7) is 5.21. The van der Waals surface area contributed by atoms with Crippen molar-refractivity contribution in [3.8, 4) is 0 Å². The van der Waals surface area contributed by atoms with E-state index in [4.69, 9.17) is 10.5 Å². The largest absolute Gasteiger partial charge is 0.380 e. The Kier molecular flexibility index (Phi) is 9.24. The van der Waals surface area contributed by atoms with E-state index in [-0.39, 0.29) is 24.0 Å². The van der Waals surface area contributed by atoms with Gasteiger partial charge in [-0.25, -0.2) is 4.99 Å². The summed E-state index contributed by atoms with van der Waals surface area (Å²) in [6, 6.07) is 7.87. The molecule has 0 amide bonds. The maximum absolute atomic E-state index is 5.83. The Labute approximate surface area is 132 Å². The number of para-hydroxylation sites is 1. The highest BCUT2D eigenvalue weighted by Crippen LogP contribution is 2.15. The number of methoxy groups -OCH3 is 1. The predicted octanol–water partition coefficient (Wildman–Crippen LogP) is 3.14. The number of hydrogen-bond donors (Lipinski definition) is 2. The second-order valence-electron chi connectivity index (χ2n) is 4.22. The maximum atomic E-state index is 5.83. The summed E-state index contributed by atoms with van der Waals surface area (Å²) in [4.78, 5) is 4.23. The van der Waals surface area contributed by atoms with E-state index in [0.717, 1.165) is 11.3 Å². The lowest BCUT2D eigenvalue weighted by Crippen LogP contribution is -2.23. The Hall–Kier alpha value is -1.08. The third-order valence-corrected chi connectivity index (χ3v) is 2.34. The molecule has 0 aromatic heterocycles. The Morgan fingerprint density at radius 1 is 1.37 bits per heavy atom. The molecule has 0 aliphatic carbocycles. The minimum atomic E-state index is 0. The highest BCUT2D eigenvalue weighted by molar-refractivity contribution is 14.0. The van der Waals surface area contributed by atoms with Gasteiger partial charge in [0.2, 0.25) is 0 Å². The van der Waals surface area contributed by atoms with E-state index >= 15 is 0 Å². The third-order valence-electron chi connectivity index (χ3n) is 2.34.